The maximum absolute atomic E-state index is 9.75. The van der Waals surface area contributed by atoms with Crippen molar-refractivity contribution in [3.05, 3.63) is 182 Å². The molecule has 0 bridgehead atoms. The van der Waals surface area contributed by atoms with Crippen LogP contribution in [0.25, 0.3) is 98.8 Å². The van der Waals surface area contributed by atoms with Gasteiger partial charge in [0.2, 0.25) is 0 Å². The average Bonchev–Trinajstić information content (AvgIpc) is 3.71. The Morgan fingerprint density at radius 3 is 1.69 bits per heavy atom. The number of rotatable bonds is 4. The second-order valence-corrected chi connectivity index (χ2v) is 11.4. The fraction of sp³-hybridized carbons (Fsp3) is 0. The molecule has 228 valence electrons. The molecular formula is C48H30O. The summed E-state index contributed by atoms with van der Waals surface area (Å²) in [5.41, 5.74) is 0.230. The number of hydrogen-bond acceptors (Lipinski definition) is 1. The van der Waals surface area contributed by atoms with Gasteiger partial charge < -0.3 is 4.42 Å². The van der Waals surface area contributed by atoms with Crippen molar-refractivity contribution >= 4 is 54.3 Å². The third kappa shape index (κ3) is 4.47. The Hall–Kier alpha value is -6.44. The van der Waals surface area contributed by atoms with E-state index in [4.69, 9.17) is 16.8 Å². The van der Waals surface area contributed by atoms with Gasteiger partial charge in [0.25, 0.3) is 0 Å². The van der Waals surface area contributed by atoms with Crippen LogP contribution in [0.4, 0.5) is 0 Å². The lowest BCUT2D eigenvalue weighted by molar-refractivity contribution is 0.670. The quantitative estimate of drug-likeness (QED) is 0.174. The lowest BCUT2D eigenvalue weighted by Crippen LogP contribution is -1.90. The molecule has 0 aliphatic carbocycles. The van der Waals surface area contributed by atoms with E-state index in [1.165, 1.54) is 0 Å². The summed E-state index contributed by atoms with van der Waals surface area (Å²) in [6, 6.07) is 5.14. The molecule has 10 aromatic rings. The zero-order chi connectivity index (χ0) is 48.8. The number of furan rings is 1. The zero-order valence-electron chi connectivity index (χ0n) is 44.3. The molecule has 1 heterocycles. The molecule has 0 amide bonds. The van der Waals surface area contributed by atoms with E-state index < -0.39 is 169 Å². The van der Waals surface area contributed by atoms with Crippen LogP contribution in [0.5, 0.6) is 0 Å². The van der Waals surface area contributed by atoms with Gasteiger partial charge in [-0.25, -0.2) is 0 Å². The summed E-state index contributed by atoms with van der Waals surface area (Å²) in [7, 11) is 0. The van der Waals surface area contributed by atoms with Gasteiger partial charge in [0.05, 0.1) is 26.0 Å². The minimum Gasteiger partial charge on any atom is -0.455 e. The van der Waals surface area contributed by atoms with Crippen molar-refractivity contribution in [1.29, 1.82) is 0 Å². The highest BCUT2D eigenvalue weighted by Crippen LogP contribution is 2.44. The molecule has 0 saturated carbocycles. The molecule has 0 spiro atoms. The standard InChI is InChI=1S/C48H30O/c1-3-12-31(13-4-1)35-26-27-39-44-21-11-20-38(48(44)49-45(39)30-35)36-24-22-34-29-37(25-23-33(34)28-36)47-42-18-9-7-16-40(42)46(32-14-5-2-6-15-32)41-17-8-10-19-43(41)47/h1-30H/i2D,5D,6D,7D,8D,9D,10D,14D,15D,16D,17D,18D,19D,22D,23D,24D,25D,28D,29D. The second-order valence-electron chi connectivity index (χ2n) is 11.4. The van der Waals surface area contributed by atoms with Crippen LogP contribution in [0.15, 0.2) is 186 Å². The Balaban J connectivity index is 1.35. The van der Waals surface area contributed by atoms with E-state index >= 15 is 0 Å². The van der Waals surface area contributed by atoms with Crippen molar-refractivity contribution in [2.75, 3.05) is 0 Å². The molecule has 9 aromatic carbocycles. The molecule has 0 unspecified atom stereocenters. The maximum atomic E-state index is 9.75. The summed E-state index contributed by atoms with van der Waals surface area (Å²) in [6.07, 6.45) is 0. The minimum atomic E-state index is -0.871. The fourth-order valence-electron chi connectivity index (χ4n) is 6.44. The zero-order valence-corrected chi connectivity index (χ0v) is 25.3. The van der Waals surface area contributed by atoms with Crippen LogP contribution in [0.2, 0.25) is 0 Å². The van der Waals surface area contributed by atoms with E-state index in [0.717, 1.165) is 16.5 Å². The first-order valence-corrected chi connectivity index (χ1v) is 15.3. The van der Waals surface area contributed by atoms with Crippen molar-refractivity contribution in [2.45, 2.75) is 0 Å². The molecule has 49 heavy (non-hydrogen) atoms. The highest BCUT2D eigenvalue weighted by atomic mass is 16.3. The summed E-state index contributed by atoms with van der Waals surface area (Å²) in [6.45, 7) is 0. The van der Waals surface area contributed by atoms with Gasteiger partial charge in [-0.1, -0.05) is 157 Å². The van der Waals surface area contributed by atoms with E-state index in [2.05, 4.69) is 0 Å². The predicted octanol–water partition coefficient (Wildman–Crippen LogP) is 13.7. The van der Waals surface area contributed by atoms with Gasteiger partial charge >= 0.3 is 0 Å². The molecule has 1 heteroatoms. The van der Waals surface area contributed by atoms with Gasteiger partial charge in [-0.2, -0.15) is 0 Å². The number of hydrogen-bond donors (Lipinski definition) is 0. The summed E-state index contributed by atoms with van der Waals surface area (Å²) < 4.78 is 179. The van der Waals surface area contributed by atoms with Gasteiger partial charge in [0.15, 0.2) is 0 Å². The normalized spacial score (nSPS) is 17.1. The van der Waals surface area contributed by atoms with Crippen molar-refractivity contribution in [3.8, 4) is 44.5 Å². The Morgan fingerprint density at radius 2 is 1.00 bits per heavy atom. The first kappa shape index (κ1) is 14.8. The molecule has 0 aliphatic rings. The van der Waals surface area contributed by atoms with Crippen molar-refractivity contribution in [3.63, 3.8) is 0 Å². The monoisotopic (exact) mass is 641 g/mol. The predicted molar refractivity (Wildman–Crippen MR) is 208 cm³/mol. The van der Waals surface area contributed by atoms with Crippen LogP contribution < -0.4 is 0 Å². The first-order valence-electron chi connectivity index (χ1n) is 24.8. The summed E-state index contributed by atoms with van der Waals surface area (Å²) in [5.74, 6) is 0. The third-order valence-corrected chi connectivity index (χ3v) is 8.63. The lowest BCUT2D eigenvalue weighted by Gasteiger charge is -2.18. The van der Waals surface area contributed by atoms with Crippen molar-refractivity contribution < 1.29 is 30.5 Å². The van der Waals surface area contributed by atoms with E-state index in [1.807, 2.05) is 48.5 Å². The van der Waals surface area contributed by atoms with Crippen LogP contribution >= 0.6 is 0 Å². The lowest BCUT2D eigenvalue weighted by atomic mass is 9.85. The fourth-order valence-corrected chi connectivity index (χ4v) is 6.44. The first-order chi connectivity index (χ1) is 32.2. The Bertz CT molecular complexity index is 3850. The van der Waals surface area contributed by atoms with Crippen LogP contribution in [0.1, 0.15) is 26.0 Å². The van der Waals surface area contributed by atoms with Gasteiger partial charge in [-0.05, 0) is 95.5 Å². The molecule has 0 fully saturated rings. The second kappa shape index (κ2) is 11.1. The molecule has 0 aliphatic heterocycles. The SMILES string of the molecule is [2H]c1c([2H])c([2H])c(-c2c3c([2H])c([2H])c([2H])c([2H])c3c(-c3c([2H])c([2H])c4c([2H])c(-c5cccc6c5oc5cc(-c7ccccc7)ccc56)c([2H])c([2H])c4c3[2H])c3c([2H])c([2H])c([2H])c([2H])c23)c([2H])c1[2H]. The Morgan fingerprint density at radius 1 is 0.388 bits per heavy atom. The van der Waals surface area contributed by atoms with Crippen LogP contribution in [0.3, 0.4) is 0 Å². The number of benzene rings is 9. The topological polar surface area (TPSA) is 13.1 Å². The molecule has 0 N–H and O–H groups in total. The third-order valence-electron chi connectivity index (χ3n) is 8.63. The Kier molecular flexibility index (Phi) is 3.34. The summed E-state index contributed by atoms with van der Waals surface area (Å²) in [4.78, 5) is 0. The number of para-hydroxylation sites is 1. The summed E-state index contributed by atoms with van der Waals surface area (Å²) >= 11 is 0. The molecule has 0 radical (unpaired) electrons. The van der Waals surface area contributed by atoms with E-state index in [1.54, 1.807) is 18.2 Å². The van der Waals surface area contributed by atoms with Gasteiger partial charge in [-0.3, -0.25) is 0 Å². The number of fused-ring (bicyclic) bond motifs is 6. The van der Waals surface area contributed by atoms with Crippen molar-refractivity contribution in [1.82, 2.24) is 0 Å². The van der Waals surface area contributed by atoms with Gasteiger partial charge in [0, 0.05) is 16.3 Å². The van der Waals surface area contributed by atoms with Crippen LogP contribution in [0, 0.1) is 0 Å². The highest BCUT2D eigenvalue weighted by molar-refractivity contribution is 6.21. The van der Waals surface area contributed by atoms with Crippen LogP contribution in [-0.2, 0) is 0 Å². The summed E-state index contributed by atoms with van der Waals surface area (Å²) in [5, 5.41) is -1.84. The molecular weight excluding hydrogens is 593 g/mol. The van der Waals surface area contributed by atoms with Crippen molar-refractivity contribution in [2.24, 2.45) is 0 Å². The minimum absolute atomic E-state index is 0.141. The molecule has 10 rings (SSSR count). The smallest absolute Gasteiger partial charge is 0.143 e. The van der Waals surface area contributed by atoms with E-state index in [9.17, 15) is 13.7 Å². The maximum Gasteiger partial charge on any atom is 0.143 e. The Labute approximate surface area is 311 Å². The van der Waals surface area contributed by atoms with E-state index in [-0.39, 0.29) is 16.7 Å². The average molecular weight is 642 g/mol. The highest BCUT2D eigenvalue weighted by Gasteiger charge is 2.17. The molecule has 1 aromatic heterocycles. The largest absolute Gasteiger partial charge is 0.455 e. The molecule has 1 nitrogen and oxygen atoms in total. The molecule has 0 saturated heterocycles. The molecule has 0 atom stereocenters. The van der Waals surface area contributed by atoms with Gasteiger partial charge in [0.1, 0.15) is 11.2 Å². The van der Waals surface area contributed by atoms with Gasteiger partial charge in [-0.15, -0.1) is 0 Å². The van der Waals surface area contributed by atoms with E-state index in [0.29, 0.717) is 11.0 Å². The van der Waals surface area contributed by atoms with Crippen LogP contribution in [-0.4, -0.2) is 0 Å².